The topological polar surface area (TPSA) is 121 Å². The van der Waals surface area contributed by atoms with Crippen LogP contribution in [-0.2, 0) is 10.9 Å². The summed E-state index contributed by atoms with van der Waals surface area (Å²) in [4.78, 5) is 36.4. The fourth-order valence-corrected chi connectivity index (χ4v) is 5.75. The zero-order valence-electron chi connectivity index (χ0n) is 25.8. The summed E-state index contributed by atoms with van der Waals surface area (Å²) in [5.41, 5.74) is -0.428. The largest absolute Gasteiger partial charge is 0.417 e. The third kappa shape index (κ3) is 7.94. The molecule has 2 aliphatic rings. The maximum absolute atomic E-state index is 13.8. The van der Waals surface area contributed by atoms with Crippen molar-refractivity contribution in [2.24, 2.45) is 0 Å². The van der Waals surface area contributed by atoms with Crippen molar-refractivity contribution in [2.45, 2.75) is 38.5 Å². The highest BCUT2D eigenvalue weighted by Gasteiger charge is 2.36. The van der Waals surface area contributed by atoms with E-state index in [9.17, 15) is 22.8 Å². The number of aromatic nitrogens is 4. The third-order valence-corrected chi connectivity index (χ3v) is 8.59. The molecule has 46 heavy (non-hydrogen) atoms. The van der Waals surface area contributed by atoms with Crippen LogP contribution in [0.2, 0.25) is 5.15 Å². The Morgan fingerprint density at radius 2 is 1.80 bits per heavy atom. The minimum Gasteiger partial charge on any atom is -0.379 e. The van der Waals surface area contributed by atoms with Crippen molar-refractivity contribution in [3.63, 3.8) is 0 Å². The van der Waals surface area contributed by atoms with E-state index in [2.05, 4.69) is 54.5 Å². The molecule has 2 amide bonds. The zero-order valence-corrected chi connectivity index (χ0v) is 26.6. The van der Waals surface area contributed by atoms with Gasteiger partial charge in [0.1, 0.15) is 5.15 Å². The van der Waals surface area contributed by atoms with Crippen LogP contribution in [0.15, 0.2) is 36.7 Å². The first kappa shape index (κ1) is 33.6. The number of piperazine rings is 1. The van der Waals surface area contributed by atoms with Gasteiger partial charge in [-0.3, -0.25) is 19.4 Å². The Morgan fingerprint density at radius 3 is 2.50 bits per heavy atom. The van der Waals surface area contributed by atoms with Gasteiger partial charge in [0.15, 0.2) is 5.69 Å². The van der Waals surface area contributed by atoms with Crippen LogP contribution in [0, 0.1) is 0 Å². The van der Waals surface area contributed by atoms with Gasteiger partial charge in [0.2, 0.25) is 0 Å². The van der Waals surface area contributed by atoms with Crippen LogP contribution in [0.1, 0.15) is 46.7 Å². The zero-order chi connectivity index (χ0) is 33.0. The number of likely N-dealkylation sites (N-methyl/N-ethyl adjacent to an activating group) is 1. The first-order chi connectivity index (χ1) is 21.9. The van der Waals surface area contributed by atoms with Crippen LogP contribution >= 0.6 is 11.6 Å². The second-order valence-corrected chi connectivity index (χ2v) is 12.0. The molecule has 1 aromatic carbocycles. The number of ether oxygens (including phenoxy) is 1. The van der Waals surface area contributed by atoms with E-state index in [1.165, 1.54) is 10.9 Å². The third-order valence-electron chi connectivity index (χ3n) is 8.38. The average molecular weight is 664 g/mol. The molecule has 0 bridgehead atoms. The van der Waals surface area contributed by atoms with Gasteiger partial charge in [0.05, 0.1) is 47.6 Å². The minimum absolute atomic E-state index is 0.102. The number of carbonyl (C=O) groups is 2. The van der Waals surface area contributed by atoms with Gasteiger partial charge in [0.25, 0.3) is 11.8 Å². The first-order valence-corrected chi connectivity index (χ1v) is 15.4. The van der Waals surface area contributed by atoms with Crippen LogP contribution in [-0.4, -0.2) is 113 Å². The molecular weight excluding hydrogens is 627 g/mol. The minimum atomic E-state index is -4.83. The molecule has 2 N–H and O–H groups in total. The molecule has 0 aliphatic carbocycles. The molecule has 0 unspecified atom stereocenters. The summed E-state index contributed by atoms with van der Waals surface area (Å²) >= 11 is 5.73. The lowest BCUT2D eigenvalue weighted by Crippen LogP contribution is -2.55. The van der Waals surface area contributed by atoms with Crippen molar-refractivity contribution in [3.05, 3.63) is 58.6 Å². The van der Waals surface area contributed by atoms with E-state index in [0.29, 0.717) is 50.3 Å². The summed E-state index contributed by atoms with van der Waals surface area (Å²) < 4.78 is 48.2. The van der Waals surface area contributed by atoms with Gasteiger partial charge in [0, 0.05) is 51.0 Å². The number of morpholine rings is 1. The summed E-state index contributed by atoms with van der Waals surface area (Å²) in [6, 6.07) is 6.10. The highest BCUT2D eigenvalue weighted by atomic mass is 35.5. The molecule has 0 radical (unpaired) electrons. The van der Waals surface area contributed by atoms with Crippen molar-refractivity contribution in [3.8, 4) is 5.69 Å². The summed E-state index contributed by atoms with van der Waals surface area (Å²) in [6.07, 6.45) is -1.78. The number of nitrogens with one attached hydrogen (secondary N) is 2. The van der Waals surface area contributed by atoms with E-state index < -0.39 is 23.2 Å². The molecule has 248 valence electrons. The van der Waals surface area contributed by atoms with E-state index in [1.54, 1.807) is 18.2 Å². The number of hydrogen-bond donors (Lipinski definition) is 2. The SMILES string of the molecule is C[C@@H]1CN(c2ccc(-n3cc(C(=O)NCCCN4CCOCC4)nn3)cc2NC(=O)c2cnc(Cl)cc2C(F)(F)F)C[C@H](C)N1C. The Balaban J connectivity index is 1.37. The number of benzene rings is 1. The second-order valence-electron chi connectivity index (χ2n) is 11.6. The molecule has 2 saturated heterocycles. The second kappa shape index (κ2) is 14.3. The monoisotopic (exact) mass is 663 g/mol. The van der Waals surface area contributed by atoms with Crippen LogP contribution in [0.5, 0.6) is 0 Å². The quantitative estimate of drug-likeness (QED) is 0.262. The number of carbonyl (C=O) groups excluding carboxylic acids is 2. The molecule has 2 aliphatic heterocycles. The summed E-state index contributed by atoms with van der Waals surface area (Å²) in [5, 5.41) is 13.3. The number of amides is 2. The van der Waals surface area contributed by atoms with Crippen molar-refractivity contribution in [1.82, 2.24) is 35.1 Å². The van der Waals surface area contributed by atoms with E-state index in [1.807, 2.05) is 7.05 Å². The lowest BCUT2D eigenvalue weighted by Gasteiger charge is -2.44. The predicted octanol–water partition coefficient (Wildman–Crippen LogP) is 3.57. The fraction of sp³-hybridized carbons (Fsp3) is 0.500. The Labute approximate surface area is 269 Å². The number of anilines is 2. The van der Waals surface area contributed by atoms with Gasteiger partial charge in [-0.2, -0.15) is 13.2 Å². The van der Waals surface area contributed by atoms with Crippen molar-refractivity contribution in [2.75, 3.05) is 69.7 Å². The lowest BCUT2D eigenvalue weighted by molar-refractivity contribution is -0.138. The molecule has 5 rings (SSSR count). The number of alkyl halides is 3. The average Bonchev–Trinajstić information content (AvgIpc) is 3.52. The van der Waals surface area contributed by atoms with Gasteiger partial charge >= 0.3 is 6.18 Å². The summed E-state index contributed by atoms with van der Waals surface area (Å²) in [5.74, 6) is -1.38. The standard InChI is InChI=1S/C30H37ClF3N9O3/c1-19-16-42(17-20(2)40(19)3)26-6-5-21(13-24(26)37-28(44)22-15-36-27(31)14-23(22)30(32,33)34)43-18-25(38-39-43)29(45)35-7-4-8-41-9-11-46-12-10-41/h5-6,13-15,18-20H,4,7-12,16-17H2,1-3H3,(H,35,45)(H,37,44)/t19-,20+. The smallest absolute Gasteiger partial charge is 0.379 e. The molecule has 4 heterocycles. The molecule has 2 aromatic heterocycles. The highest BCUT2D eigenvalue weighted by Crippen LogP contribution is 2.35. The van der Waals surface area contributed by atoms with Crippen LogP contribution in [0.4, 0.5) is 24.5 Å². The number of pyridine rings is 1. The normalized spacial score (nSPS) is 19.7. The molecule has 12 nitrogen and oxygen atoms in total. The van der Waals surface area contributed by atoms with E-state index >= 15 is 0 Å². The van der Waals surface area contributed by atoms with Crippen molar-refractivity contribution >= 4 is 34.8 Å². The number of nitrogens with zero attached hydrogens (tertiary/aromatic N) is 7. The number of rotatable bonds is 9. The highest BCUT2D eigenvalue weighted by molar-refractivity contribution is 6.29. The molecule has 0 saturated carbocycles. The van der Waals surface area contributed by atoms with E-state index in [0.717, 1.165) is 32.3 Å². The lowest BCUT2D eigenvalue weighted by atomic mass is 10.1. The summed E-state index contributed by atoms with van der Waals surface area (Å²) in [7, 11) is 2.03. The van der Waals surface area contributed by atoms with Crippen LogP contribution in [0.25, 0.3) is 5.69 Å². The van der Waals surface area contributed by atoms with Gasteiger partial charge in [-0.25, -0.2) is 9.67 Å². The Morgan fingerprint density at radius 1 is 1.09 bits per heavy atom. The van der Waals surface area contributed by atoms with Gasteiger partial charge in [-0.15, -0.1) is 5.10 Å². The Kier molecular flexibility index (Phi) is 10.5. The van der Waals surface area contributed by atoms with Crippen molar-refractivity contribution < 1.29 is 27.5 Å². The summed E-state index contributed by atoms with van der Waals surface area (Å²) in [6.45, 7) is 9.88. The molecule has 16 heteroatoms. The number of halogens is 4. The van der Waals surface area contributed by atoms with Gasteiger partial charge in [-0.05, 0) is 58.1 Å². The maximum atomic E-state index is 13.8. The van der Waals surface area contributed by atoms with Gasteiger partial charge in [-0.1, -0.05) is 16.8 Å². The fourth-order valence-electron chi connectivity index (χ4n) is 5.59. The molecule has 2 atom stereocenters. The van der Waals surface area contributed by atoms with Crippen LogP contribution < -0.4 is 15.5 Å². The van der Waals surface area contributed by atoms with Crippen LogP contribution in [0.3, 0.4) is 0 Å². The maximum Gasteiger partial charge on any atom is 0.417 e. The molecule has 0 spiro atoms. The van der Waals surface area contributed by atoms with E-state index in [-0.39, 0.29) is 34.5 Å². The van der Waals surface area contributed by atoms with Crippen molar-refractivity contribution in [1.29, 1.82) is 0 Å². The molecular formula is C30H37ClF3N9O3. The number of hydrogen-bond acceptors (Lipinski definition) is 9. The van der Waals surface area contributed by atoms with Gasteiger partial charge < -0.3 is 20.3 Å². The predicted molar refractivity (Wildman–Crippen MR) is 167 cm³/mol. The Bertz CT molecular complexity index is 1540. The molecule has 3 aromatic rings. The Hall–Kier alpha value is -3.79. The first-order valence-electron chi connectivity index (χ1n) is 15.1. The van der Waals surface area contributed by atoms with E-state index in [4.69, 9.17) is 16.3 Å². The molecule has 2 fully saturated rings.